The molecule has 2 aromatic heterocycles. The van der Waals surface area contributed by atoms with Gasteiger partial charge in [0.25, 0.3) is 0 Å². The van der Waals surface area contributed by atoms with Crippen LogP contribution in [0.5, 0.6) is 0 Å². The Morgan fingerprint density at radius 3 is 3.00 bits per heavy atom. The van der Waals surface area contributed by atoms with Crippen LogP contribution in [-0.2, 0) is 4.79 Å². The number of carbonyl (C=O) groups is 1. The fraction of sp³-hybridized carbons (Fsp3) is 0.562. The van der Waals surface area contributed by atoms with E-state index in [1.807, 2.05) is 11.8 Å². The summed E-state index contributed by atoms with van der Waals surface area (Å²) >= 11 is 0. The third kappa shape index (κ3) is 4.27. The molecular formula is C16H22N6O2. The van der Waals surface area contributed by atoms with Crippen LogP contribution in [0.15, 0.2) is 23.0 Å². The number of hydrogen-bond acceptors (Lipinski definition) is 7. The molecule has 0 bridgehead atoms. The van der Waals surface area contributed by atoms with Gasteiger partial charge >= 0.3 is 0 Å². The standard InChI is InChI=1S/C16H22N6O2/c1-12-20-15(24-21-12)13-5-3-10-22(11-13)14(23)6-2-7-17-16-18-8-4-9-19-16/h4,8-9,13H,2-3,5-7,10-11H2,1H3,(H,17,18,19)/t13-/m1/s1. The average molecular weight is 330 g/mol. The number of piperidine rings is 1. The molecule has 0 saturated carbocycles. The van der Waals surface area contributed by atoms with Gasteiger partial charge in [0, 0.05) is 38.4 Å². The van der Waals surface area contributed by atoms with E-state index >= 15 is 0 Å². The van der Waals surface area contributed by atoms with Gasteiger partial charge in [-0.05, 0) is 32.3 Å². The maximum Gasteiger partial charge on any atom is 0.231 e. The van der Waals surface area contributed by atoms with Crippen LogP contribution in [0.25, 0.3) is 0 Å². The molecule has 1 aliphatic heterocycles. The Hall–Kier alpha value is -2.51. The highest BCUT2D eigenvalue weighted by molar-refractivity contribution is 5.76. The summed E-state index contributed by atoms with van der Waals surface area (Å²) in [6.45, 7) is 3.95. The summed E-state index contributed by atoms with van der Waals surface area (Å²) in [4.78, 5) is 26.8. The number of hydrogen-bond donors (Lipinski definition) is 1. The molecule has 128 valence electrons. The number of anilines is 1. The molecule has 1 saturated heterocycles. The summed E-state index contributed by atoms with van der Waals surface area (Å²) in [5.41, 5.74) is 0. The Bertz CT molecular complexity index is 660. The van der Waals surface area contributed by atoms with Crippen LogP contribution < -0.4 is 5.32 Å². The molecule has 0 aromatic carbocycles. The summed E-state index contributed by atoms with van der Waals surface area (Å²) in [6.07, 6.45) is 6.58. The Morgan fingerprint density at radius 2 is 2.25 bits per heavy atom. The lowest BCUT2D eigenvalue weighted by Crippen LogP contribution is -2.39. The topological polar surface area (TPSA) is 97.0 Å². The third-order valence-electron chi connectivity index (χ3n) is 4.08. The van der Waals surface area contributed by atoms with E-state index in [1.54, 1.807) is 18.5 Å². The van der Waals surface area contributed by atoms with Gasteiger partial charge in [0.15, 0.2) is 5.82 Å². The molecule has 0 unspecified atom stereocenters. The number of carbonyl (C=O) groups excluding carboxylic acids is 1. The third-order valence-corrected chi connectivity index (χ3v) is 4.08. The van der Waals surface area contributed by atoms with Gasteiger partial charge in [-0.3, -0.25) is 4.79 Å². The first-order valence-electron chi connectivity index (χ1n) is 8.31. The van der Waals surface area contributed by atoms with Gasteiger partial charge in [0.1, 0.15) is 0 Å². The van der Waals surface area contributed by atoms with Crippen molar-refractivity contribution >= 4 is 11.9 Å². The van der Waals surface area contributed by atoms with Crippen molar-refractivity contribution in [1.82, 2.24) is 25.0 Å². The summed E-state index contributed by atoms with van der Waals surface area (Å²) in [5.74, 6) is 2.21. The second kappa shape index (κ2) is 7.85. The van der Waals surface area contributed by atoms with Crippen molar-refractivity contribution in [3.05, 3.63) is 30.2 Å². The number of rotatable bonds is 6. The molecule has 0 radical (unpaired) electrons. The minimum atomic E-state index is 0.153. The van der Waals surface area contributed by atoms with E-state index < -0.39 is 0 Å². The maximum atomic E-state index is 12.4. The van der Waals surface area contributed by atoms with Crippen molar-refractivity contribution in [2.75, 3.05) is 25.0 Å². The van der Waals surface area contributed by atoms with E-state index in [0.29, 0.717) is 37.2 Å². The lowest BCUT2D eigenvalue weighted by atomic mass is 9.97. The first kappa shape index (κ1) is 16.4. The SMILES string of the molecule is Cc1noc([C@@H]2CCCN(C(=O)CCCNc3ncccn3)C2)n1. The minimum Gasteiger partial charge on any atom is -0.354 e. The van der Waals surface area contributed by atoms with Crippen LogP contribution in [0.4, 0.5) is 5.95 Å². The first-order valence-corrected chi connectivity index (χ1v) is 8.31. The van der Waals surface area contributed by atoms with Gasteiger partial charge in [-0.15, -0.1) is 0 Å². The van der Waals surface area contributed by atoms with E-state index in [0.717, 1.165) is 25.8 Å². The molecule has 1 aliphatic rings. The smallest absolute Gasteiger partial charge is 0.231 e. The highest BCUT2D eigenvalue weighted by atomic mass is 16.5. The zero-order valence-corrected chi connectivity index (χ0v) is 13.8. The van der Waals surface area contributed by atoms with Crippen LogP contribution in [0.1, 0.15) is 43.3 Å². The fourth-order valence-corrected chi connectivity index (χ4v) is 2.87. The lowest BCUT2D eigenvalue weighted by molar-refractivity contribution is -0.132. The average Bonchev–Trinajstić information content (AvgIpc) is 3.06. The van der Waals surface area contributed by atoms with Gasteiger partial charge in [0.05, 0.1) is 5.92 Å². The molecule has 2 aromatic rings. The molecule has 24 heavy (non-hydrogen) atoms. The van der Waals surface area contributed by atoms with Crippen LogP contribution >= 0.6 is 0 Å². The number of aromatic nitrogens is 4. The zero-order valence-electron chi connectivity index (χ0n) is 13.8. The summed E-state index contributed by atoms with van der Waals surface area (Å²) < 4.78 is 5.26. The monoisotopic (exact) mass is 330 g/mol. The van der Waals surface area contributed by atoms with Crippen LogP contribution in [0.2, 0.25) is 0 Å². The van der Waals surface area contributed by atoms with Crippen molar-refractivity contribution in [1.29, 1.82) is 0 Å². The number of nitrogens with zero attached hydrogens (tertiary/aromatic N) is 5. The van der Waals surface area contributed by atoms with Gasteiger partial charge in [0.2, 0.25) is 17.7 Å². The molecule has 8 heteroatoms. The molecule has 0 aliphatic carbocycles. The molecule has 1 fully saturated rings. The highest BCUT2D eigenvalue weighted by Crippen LogP contribution is 2.26. The molecule has 3 heterocycles. The number of nitrogens with one attached hydrogen (secondary N) is 1. The van der Waals surface area contributed by atoms with Gasteiger partial charge < -0.3 is 14.7 Å². The number of amides is 1. The maximum absolute atomic E-state index is 12.4. The Morgan fingerprint density at radius 1 is 1.42 bits per heavy atom. The van der Waals surface area contributed by atoms with Gasteiger partial charge in [-0.25, -0.2) is 9.97 Å². The van der Waals surface area contributed by atoms with Crippen molar-refractivity contribution in [3.63, 3.8) is 0 Å². The number of likely N-dealkylation sites (tertiary alicyclic amines) is 1. The second-order valence-corrected chi connectivity index (χ2v) is 5.96. The van der Waals surface area contributed by atoms with Crippen molar-refractivity contribution in [3.8, 4) is 0 Å². The lowest BCUT2D eigenvalue weighted by Gasteiger charge is -2.31. The zero-order chi connectivity index (χ0) is 16.8. The van der Waals surface area contributed by atoms with E-state index in [4.69, 9.17) is 4.52 Å². The highest BCUT2D eigenvalue weighted by Gasteiger charge is 2.27. The second-order valence-electron chi connectivity index (χ2n) is 5.96. The molecule has 1 atom stereocenters. The molecule has 8 nitrogen and oxygen atoms in total. The summed E-state index contributed by atoms with van der Waals surface area (Å²) in [6, 6.07) is 1.77. The van der Waals surface area contributed by atoms with Gasteiger partial charge in [-0.1, -0.05) is 5.16 Å². The van der Waals surface area contributed by atoms with Crippen LogP contribution in [0, 0.1) is 6.92 Å². The summed E-state index contributed by atoms with van der Waals surface area (Å²) in [7, 11) is 0. The van der Waals surface area contributed by atoms with Gasteiger partial charge in [-0.2, -0.15) is 4.98 Å². The van der Waals surface area contributed by atoms with E-state index in [-0.39, 0.29) is 11.8 Å². The molecule has 1 amide bonds. The number of aryl methyl sites for hydroxylation is 1. The van der Waals surface area contributed by atoms with Crippen LogP contribution in [-0.4, -0.2) is 50.5 Å². The van der Waals surface area contributed by atoms with Crippen molar-refractivity contribution < 1.29 is 9.32 Å². The molecule has 1 N–H and O–H groups in total. The molecule has 3 rings (SSSR count). The normalized spacial score (nSPS) is 17.7. The van der Waals surface area contributed by atoms with Crippen LogP contribution in [0.3, 0.4) is 0 Å². The minimum absolute atomic E-state index is 0.153. The predicted octanol–water partition coefficient (Wildman–Crippen LogP) is 1.77. The quantitative estimate of drug-likeness (QED) is 0.806. The Balaban J connectivity index is 1.43. The predicted molar refractivity (Wildman–Crippen MR) is 87.3 cm³/mol. The first-order chi connectivity index (χ1) is 11.7. The Kier molecular flexibility index (Phi) is 5.35. The van der Waals surface area contributed by atoms with E-state index in [1.165, 1.54) is 0 Å². The molecule has 0 spiro atoms. The largest absolute Gasteiger partial charge is 0.354 e. The fourth-order valence-electron chi connectivity index (χ4n) is 2.87. The van der Waals surface area contributed by atoms with E-state index in [2.05, 4.69) is 25.4 Å². The Labute approximate surface area is 140 Å². The molecular weight excluding hydrogens is 308 g/mol. The van der Waals surface area contributed by atoms with E-state index in [9.17, 15) is 4.79 Å². The summed E-state index contributed by atoms with van der Waals surface area (Å²) in [5, 5.41) is 6.96. The van der Waals surface area contributed by atoms with Crippen molar-refractivity contribution in [2.24, 2.45) is 0 Å². The van der Waals surface area contributed by atoms with Crippen molar-refractivity contribution in [2.45, 2.75) is 38.5 Å².